The van der Waals surface area contributed by atoms with E-state index in [2.05, 4.69) is 4.72 Å². The predicted octanol–water partition coefficient (Wildman–Crippen LogP) is 2.36. The second-order valence-corrected chi connectivity index (χ2v) is 7.15. The van der Waals surface area contributed by atoms with Crippen LogP contribution in [0.3, 0.4) is 0 Å². The fraction of sp³-hybridized carbons (Fsp3) is 1.00. The Labute approximate surface area is 98.6 Å². The minimum absolute atomic E-state index is 0.191. The summed E-state index contributed by atoms with van der Waals surface area (Å²) in [5, 5.41) is 0. The minimum Gasteiger partial charge on any atom is -0.212 e. The quantitative estimate of drug-likeness (QED) is 0.710. The van der Waals surface area contributed by atoms with E-state index >= 15 is 0 Å². The molecule has 0 aliphatic heterocycles. The number of sulfonamides is 1. The van der Waals surface area contributed by atoms with Gasteiger partial charge in [-0.2, -0.15) is 0 Å². The van der Waals surface area contributed by atoms with Crippen LogP contribution in [0.15, 0.2) is 0 Å². The summed E-state index contributed by atoms with van der Waals surface area (Å²) in [6.07, 6.45) is 1.32. The van der Waals surface area contributed by atoms with Gasteiger partial charge in [-0.1, -0.05) is 13.8 Å². The van der Waals surface area contributed by atoms with E-state index < -0.39 is 15.6 Å². The molecule has 0 saturated carbocycles. The van der Waals surface area contributed by atoms with Gasteiger partial charge in [0.1, 0.15) is 0 Å². The van der Waals surface area contributed by atoms with Gasteiger partial charge in [0.15, 0.2) is 0 Å². The van der Waals surface area contributed by atoms with E-state index in [1.54, 1.807) is 0 Å². The topological polar surface area (TPSA) is 46.2 Å². The molecule has 15 heavy (non-hydrogen) atoms. The third-order valence-electron chi connectivity index (χ3n) is 2.12. The first-order valence-electron chi connectivity index (χ1n) is 5.26. The van der Waals surface area contributed by atoms with Crippen molar-refractivity contribution in [2.75, 3.05) is 11.6 Å². The van der Waals surface area contributed by atoms with Crippen molar-refractivity contribution in [2.45, 2.75) is 46.1 Å². The molecule has 0 aliphatic carbocycles. The van der Waals surface area contributed by atoms with Gasteiger partial charge >= 0.3 is 0 Å². The molecule has 0 aromatic rings. The Kier molecular flexibility index (Phi) is 6.14. The Morgan fingerprint density at radius 2 is 1.87 bits per heavy atom. The van der Waals surface area contributed by atoms with Gasteiger partial charge in [0.2, 0.25) is 10.0 Å². The zero-order valence-corrected chi connectivity index (χ0v) is 11.6. The first-order chi connectivity index (χ1) is 6.68. The standard InChI is InChI=1S/C10H22ClNO2S/c1-9(2)5-8-15(13,14)12-10(3,4)6-7-11/h9,12H,5-8H2,1-4H3. The smallest absolute Gasteiger partial charge is 0.212 e. The average Bonchev–Trinajstić information content (AvgIpc) is 1.98. The molecule has 0 aromatic carbocycles. The maximum absolute atomic E-state index is 11.7. The zero-order chi connectivity index (χ0) is 12.1. The molecule has 92 valence electrons. The summed E-state index contributed by atoms with van der Waals surface area (Å²) in [6.45, 7) is 7.73. The Morgan fingerprint density at radius 3 is 2.27 bits per heavy atom. The molecule has 0 heterocycles. The molecule has 1 N–H and O–H groups in total. The predicted molar refractivity (Wildman–Crippen MR) is 65.8 cm³/mol. The summed E-state index contributed by atoms with van der Waals surface area (Å²) >= 11 is 5.61. The summed E-state index contributed by atoms with van der Waals surface area (Å²) in [4.78, 5) is 0. The lowest BCUT2D eigenvalue weighted by molar-refractivity contribution is 0.439. The van der Waals surface area contributed by atoms with E-state index in [9.17, 15) is 8.42 Å². The average molecular weight is 256 g/mol. The minimum atomic E-state index is -3.17. The summed E-state index contributed by atoms with van der Waals surface area (Å²) < 4.78 is 26.0. The van der Waals surface area contributed by atoms with Crippen LogP contribution in [0.4, 0.5) is 0 Å². The molecule has 0 saturated heterocycles. The number of hydrogen-bond acceptors (Lipinski definition) is 2. The van der Waals surface area contributed by atoms with E-state index in [0.29, 0.717) is 24.6 Å². The largest absolute Gasteiger partial charge is 0.212 e. The highest BCUT2D eigenvalue weighted by Crippen LogP contribution is 2.12. The molecule has 0 aromatic heterocycles. The van der Waals surface area contributed by atoms with Gasteiger partial charge in [-0.25, -0.2) is 13.1 Å². The number of rotatable bonds is 7. The molecular formula is C10H22ClNO2S. The number of hydrogen-bond donors (Lipinski definition) is 1. The van der Waals surface area contributed by atoms with Crippen molar-refractivity contribution in [1.82, 2.24) is 4.72 Å². The highest BCUT2D eigenvalue weighted by molar-refractivity contribution is 7.89. The first-order valence-corrected chi connectivity index (χ1v) is 7.45. The molecule has 0 fully saturated rings. The van der Waals surface area contributed by atoms with Crippen LogP contribution < -0.4 is 4.72 Å². The Hall–Kier alpha value is 0.200. The Bertz CT molecular complexity index is 273. The SMILES string of the molecule is CC(C)CCS(=O)(=O)NC(C)(C)CCCl. The maximum atomic E-state index is 11.7. The second kappa shape index (κ2) is 6.06. The van der Waals surface area contributed by atoms with E-state index in [4.69, 9.17) is 11.6 Å². The van der Waals surface area contributed by atoms with Gasteiger partial charge in [-0.05, 0) is 32.6 Å². The van der Waals surface area contributed by atoms with Gasteiger partial charge in [0.25, 0.3) is 0 Å². The lowest BCUT2D eigenvalue weighted by atomic mass is 10.0. The summed E-state index contributed by atoms with van der Waals surface area (Å²) in [5.41, 5.74) is -0.447. The molecule has 0 spiro atoms. The second-order valence-electron chi connectivity index (χ2n) is 4.93. The fourth-order valence-corrected chi connectivity index (χ4v) is 3.45. The van der Waals surface area contributed by atoms with Crippen LogP contribution in [0, 0.1) is 5.92 Å². The highest BCUT2D eigenvalue weighted by Gasteiger charge is 2.23. The lowest BCUT2D eigenvalue weighted by Crippen LogP contribution is -2.44. The third-order valence-corrected chi connectivity index (χ3v) is 3.94. The third kappa shape index (κ3) is 8.05. The number of nitrogens with one attached hydrogen (secondary N) is 1. The fourth-order valence-electron chi connectivity index (χ4n) is 1.15. The molecule has 0 amide bonds. The van der Waals surface area contributed by atoms with Crippen molar-refractivity contribution in [1.29, 1.82) is 0 Å². The van der Waals surface area contributed by atoms with Crippen molar-refractivity contribution in [3.63, 3.8) is 0 Å². The summed E-state index contributed by atoms with van der Waals surface area (Å²) in [7, 11) is -3.17. The van der Waals surface area contributed by atoms with Crippen molar-refractivity contribution >= 4 is 21.6 Å². The van der Waals surface area contributed by atoms with E-state index in [1.165, 1.54) is 0 Å². The molecule has 3 nitrogen and oxygen atoms in total. The van der Waals surface area contributed by atoms with Crippen LogP contribution in [-0.4, -0.2) is 25.6 Å². The molecule has 0 rings (SSSR count). The normalized spacial score (nSPS) is 13.5. The van der Waals surface area contributed by atoms with Crippen LogP contribution in [0.1, 0.15) is 40.5 Å². The Morgan fingerprint density at radius 1 is 1.33 bits per heavy atom. The van der Waals surface area contributed by atoms with Gasteiger partial charge < -0.3 is 0 Å². The van der Waals surface area contributed by atoms with Crippen molar-refractivity contribution in [3.8, 4) is 0 Å². The van der Waals surface area contributed by atoms with Crippen LogP contribution >= 0.6 is 11.6 Å². The van der Waals surface area contributed by atoms with Crippen LogP contribution in [0.5, 0.6) is 0 Å². The van der Waals surface area contributed by atoms with Gasteiger partial charge in [-0.15, -0.1) is 11.6 Å². The zero-order valence-electron chi connectivity index (χ0n) is 10.0. The Balaban J connectivity index is 4.25. The van der Waals surface area contributed by atoms with Gasteiger partial charge in [-0.3, -0.25) is 0 Å². The molecular weight excluding hydrogens is 234 g/mol. The maximum Gasteiger partial charge on any atom is 0.212 e. The summed E-state index contributed by atoms with van der Waals surface area (Å²) in [6, 6.07) is 0. The summed E-state index contributed by atoms with van der Waals surface area (Å²) in [5.74, 6) is 1.05. The van der Waals surface area contributed by atoms with Crippen LogP contribution in [-0.2, 0) is 10.0 Å². The molecule has 0 radical (unpaired) electrons. The van der Waals surface area contributed by atoms with E-state index in [1.807, 2.05) is 27.7 Å². The first kappa shape index (κ1) is 15.2. The number of alkyl halides is 1. The monoisotopic (exact) mass is 255 g/mol. The highest BCUT2D eigenvalue weighted by atomic mass is 35.5. The molecule has 0 bridgehead atoms. The van der Waals surface area contributed by atoms with Crippen molar-refractivity contribution in [3.05, 3.63) is 0 Å². The van der Waals surface area contributed by atoms with Gasteiger partial charge in [0.05, 0.1) is 5.75 Å². The van der Waals surface area contributed by atoms with Crippen LogP contribution in [0.25, 0.3) is 0 Å². The number of halogens is 1. The van der Waals surface area contributed by atoms with Crippen molar-refractivity contribution in [2.24, 2.45) is 5.92 Å². The lowest BCUT2D eigenvalue weighted by Gasteiger charge is -2.25. The van der Waals surface area contributed by atoms with E-state index in [-0.39, 0.29) is 5.75 Å². The molecule has 0 aliphatic rings. The van der Waals surface area contributed by atoms with Crippen LogP contribution in [0.2, 0.25) is 0 Å². The van der Waals surface area contributed by atoms with Gasteiger partial charge in [0, 0.05) is 11.4 Å². The molecule has 0 atom stereocenters. The van der Waals surface area contributed by atoms with E-state index in [0.717, 1.165) is 0 Å². The van der Waals surface area contributed by atoms with Crippen molar-refractivity contribution < 1.29 is 8.42 Å². The molecule has 0 unspecified atom stereocenters. The molecule has 5 heteroatoms.